The van der Waals surface area contributed by atoms with E-state index in [0.29, 0.717) is 12.8 Å². The number of aromatic nitrogens is 2. The molecule has 0 saturated carbocycles. The van der Waals surface area contributed by atoms with Crippen LogP contribution in [0.3, 0.4) is 0 Å². The molecule has 1 aliphatic rings. The van der Waals surface area contributed by atoms with E-state index in [2.05, 4.69) is 41.9 Å². The van der Waals surface area contributed by atoms with Crippen LogP contribution in [0.5, 0.6) is 5.75 Å². The number of hydrogen-bond acceptors (Lipinski definition) is 5. The van der Waals surface area contributed by atoms with Gasteiger partial charge in [0.15, 0.2) is 0 Å². The van der Waals surface area contributed by atoms with Crippen molar-refractivity contribution in [1.29, 1.82) is 0 Å². The summed E-state index contributed by atoms with van der Waals surface area (Å²) < 4.78 is 7.37. The standard InChI is InChI=1S/C23H23N5O/c1-16-5-3-6-17(11-16)7-4-8-20-22-12-18(14-24)28(25)23-13-19(29-2)9-10-21(23)27(22)15-26-20/h3,5-6,9-11,13-15H,7,12,24-25H2,1-2H3/b18-14-. The zero-order chi connectivity index (χ0) is 20.4. The van der Waals surface area contributed by atoms with Gasteiger partial charge in [-0.3, -0.25) is 9.58 Å². The average molecular weight is 385 g/mol. The van der Waals surface area contributed by atoms with Gasteiger partial charge in [0.1, 0.15) is 17.8 Å². The highest BCUT2D eigenvalue weighted by Gasteiger charge is 2.24. The number of ether oxygens (including phenoxy) is 1. The minimum Gasteiger partial charge on any atom is -0.497 e. The Morgan fingerprint density at radius 3 is 2.83 bits per heavy atom. The number of rotatable bonds is 2. The molecule has 0 aliphatic carbocycles. The Balaban J connectivity index is 1.74. The molecule has 6 nitrogen and oxygen atoms in total. The Bertz CT molecular complexity index is 1150. The van der Waals surface area contributed by atoms with Gasteiger partial charge in [-0.25, -0.2) is 10.8 Å². The molecule has 0 fully saturated rings. The summed E-state index contributed by atoms with van der Waals surface area (Å²) in [7, 11) is 1.63. The first-order valence-corrected chi connectivity index (χ1v) is 9.35. The zero-order valence-corrected chi connectivity index (χ0v) is 16.5. The number of nitrogens with zero attached hydrogens (tertiary/aromatic N) is 3. The lowest BCUT2D eigenvalue weighted by molar-refractivity contribution is 0.415. The molecule has 0 amide bonds. The highest BCUT2D eigenvalue weighted by Crippen LogP contribution is 2.34. The van der Waals surface area contributed by atoms with Gasteiger partial charge in [-0.15, -0.1) is 0 Å². The first-order valence-electron chi connectivity index (χ1n) is 9.35. The highest BCUT2D eigenvalue weighted by molar-refractivity contribution is 5.69. The third kappa shape index (κ3) is 3.56. The average Bonchev–Trinajstić information content (AvgIpc) is 3.08. The molecule has 0 saturated heterocycles. The summed E-state index contributed by atoms with van der Waals surface area (Å²) in [6, 6.07) is 14.1. The van der Waals surface area contributed by atoms with E-state index in [4.69, 9.17) is 16.3 Å². The summed E-state index contributed by atoms with van der Waals surface area (Å²) in [5, 5.41) is 1.59. The maximum atomic E-state index is 6.36. The van der Waals surface area contributed by atoms with Gasteiger partial charge < -0.3 is 10.5 Å². The van der Waals surface area contributed by atoms with Crippen LogP contribution in [0, 0.1) is 18.8 Å². The van der Waals surface area contributed by atoms with E-state index in [1.54, 1.807) is 18.4 Å². The first-order chi connectivity index (χ1) is 14.1. The largest absolute Gasteiger partial charge is 0.497 e. The fourth-order valence-corrected chi connectivity index (χ4v) is 3.48. The maximum absolute atomic E-state index is 6.36. The number of anilines is 1. The Labute approximate surface area is 170 Å². The van der Waals surface area contributed by atoms with Crippen LogP contribution >= 0.6 is 0 Å². The summed E-state index contributed by atoms with van der Waals surface area (Å²) in [4.78, 5) is 4.55. The molecular weight excluding hydrogens is 362 g/mol. The number of aryl methyl sites for hydroxylation is 1. The predicted octanol–water partition coefficient (Wildman–Crippen LogP) is 2.82. The predicted molar refractivity (Wildman–Crippen MR) is 115 cm³/mol. The zero-order valence-electron chi connectivity index (χ0n) is 16.5. The SMILES string of the molecule is COc1ccc2c(c1)N(N)/C(=C\N)Cc1c(C#CCc3cccc(C)c3)ncn1-2. The van der Waals surface area contributed by atoms with Crippen molar-refractivity contribution in [3.8, 4) is 23.3 Å². The molecule has 1 aliphatic heterocycles. The summed E-state index contributed by atoms with van der Waals surface area (Å²) in [5.74, 6) is 13.6. The Hall–Kier alpha value is -3.69. The molecule has 1 aromatic heterocycles. The van der Waals surface area contributed by atoms with Crippen LogP contribution in [-0.4, -0.2) is 16.7 Å². The van der Waals surface area contributed by atoms with Crippen LogP contribution in [-0.2, 0) is 12.8 Å². The van der Waals surface area contributed by atoms with E-state index in [9.17, 15) is 0 Å². The van der Waals surface area contributed by atoms with E-state index in [1.807, 2.05) is 28.8 Å². The van der Waals surface area contributed by atoms with Crippen molar-refractivity contribution in [2.24, 2.45) is 11.6 Å². The molecule has 2 aromatic carbocycles. The van der Waals surface area contributed by atoms with Crippen molar-refractivity contribution in [2.75, 3.05) is 12.1 Å². The van der Waals surface area contributed by atoms with Gasteiger partial charge in [0, 0.05) is 25.1 Å². The lowest BCUT2D eigenvalue weighted by Gasteiger charge is -2.21. The molecule has 146 valence electrons. The molecule has 4 rings (SSSR count). The molecule has 0 atom stereocenters. The Morgan fingerprint density at radius 2 is 2.07 bits per heavy atom. The second kappa shape index (κ2) is 7.74. The number of benzene rings is 2. The number of imidazole rings is 1. The molecule has 0 bridgehead atoms. The van der Waals surface area contributed by atoms with Crippen molar-refractivity contribution >= 4 is 5.69 Å². The lowest BCUT2D eigenvalue weighted by atomic mass is 10.1. The molecular formula is C23H23N5O. The van der Waals surface area contributed by atoms with E-state index >= 15 is 0 Å². The first kappa shape index (κ1) is 18.7. The molecule has 4 N–H and O–H groups in total. The van der Waals surface area contributed by atoms with E-state index in [0.717, 1.165) is 34.2 Å². The van der Waals surface area contributed by atoms with Crippen molar-refractivity contribution in [3.05, 3.63) is 83.2 Å². The van der Waals surface area contributed by atoms with Gasteiger partial charge in [0.2, 0.25) is 0 Å². The summed E-state index contributed by atoms with van der Waals surface area (Å²) >= 11 is 0. The number of nitrogens with two attached hydrogens (primary N) is 2. The second-order valence-electron chi connectivity index (χ2n) is 6.94. The van der Waals surface area contributed by atoms with Gasteiger partial charge in [0.05, 0.1) is 29.9 Å². The van der Waals surface area contributed by atoms with E-state index < -0.39 is 0 Å². The number of allylic oxidation sites excluding steroid dienone is 1. The molecule has 0 unspecified atom stereocenters. The fourth-order valence-electron chi connectivity index (χ4n) is 3.48. The normalized spacial score (nSPS) is 13.9. The minimum absolute atomic E-state index is 0.526. The topological polar surface area (TPSA) is 82.3 Å². The molecule has 0 spiro atoms. The van der Waals surface area contributed by atoms with Gasteiger partial charge in [0.25, 0.3) is 0 Å². The number of hydrogen-bond donors (Lipinski definition) is 2. The van der Waals surface area contributed by atoms with Crippen molar-refractivity contribution in [3.63, 3.8) is 0 Å². The minimum atomic E-state index is 0.526. The maximum Gasteiger partial charge on any atom is 0.135 e. The number of fused-ring (bicyclic) bond motifs is 3. The fraction of sp³-hybridized carbons (Fsp3) is 0.174. The third-order valence-electron chi connectivity index (χ3n) is 5.00. The Kier molecular flexibility index (Phi) is 4.98. The molecule has 6 heteroatoms. The summed E-state index contributed by atoms with van der Waals surface area (Å²) in [5.41, 5.74) is 12.4. The monoisotopic (exact) mass is 385 g/mol. The molecule has 0 radical (unpaired) electrons. The van der Waals surface area contributed by atoms with Crippen LogP contribution in [0.4, 0.5) is 5.69 Å². The van der Waals surface area contributed by atoms with Gasteiger partial charge in [-0.2, -0.15) is 0 Å². The van der Waals surface area contributed by atoms with Crippen molar-refractivity contribution in [1.82, 2.24) is 9.55 Å². The third-order valence-corrected chi connectivity index (χ3v) is 5.00. The van der Waals surface area contributed by atoms with Crippen LogP contribution in [0.1, 0.15) is 22.5 Å². The van der Waals surface area contributed by atoms with Gasteiger partial charge >= 0.3 is 0 Å². The highest BCUT2D eigenvalue weighted by atomic mass is 16.5. The van der Waals surface area contributed by atoms with E-state index in [-0.39, 0.29) is 0 Å². The quantitative estimate of drug-likeness (QED) is 0.524. The summed E-state index contributed by atoms with van der Waals surface area (Å²) in [6.45, 7) is 2.08. The van der Waals surface area contributed by atoms with Gasteiger partial charge in [-0.1, -0.05) is 35.7 Å². The smallest absolute Gasteiger partial charge is 0.135 e. The number of hydrazine groups is 1. The molecule has 2 heterocycles. The van der Waals surface area contributed by atoms with Crippen LogP contribution in [0.15, 0.2) is 60.7 Å². The van der Waals surface area contributed by atoms with Crippen LogP contribution in [0.25, 0.3) is 5.69 Å². The molecule has 29 heavy (non-hydrogen) atoms. The summed E-state index contributed by atoms with van der Waals surface area (Å²) in [6.07, 6.45) is 4.50. The molecule has 3 aromatic rings. The van der Waals surface area contributed by atoms with Crippen molar-refractivity contribution < 1.29 is 4.74 Å². The second-order valence-corrected chi connectivity index (χ2v) is 6.94. The lowest BCUT2D eigenvalue weighted by Crippen LogP contribution is -2.31. The van der Waals surface area contributed by atoms with Gasteiger partial charge in [-0.05, 0) is 30.5 Å². The van der Waals surface area contributed by atoms with Crippen LogP contribution in [0.2, 0.25) is 0 Å². The van der Waals surface area contributed by atoms with Crippen molar-refractivity contribution in [2.45, 2.75) is 19.8 Å². The Morgan fingerprint density at radius 1 is 1.21 bits per heavy atom. The van der Waals surface area contributed by atoms with E-state index in [1.165, 1.54) is 17.3 Å². The number of methoxy groups -OCH3 is 1. The van der Waals surface area contributed by atoms with Crippen LogP contribution < -0.4 is 21.3 Å².